The molecule has 52 heavy (non-hydrogen) atoms. The van der Waals surface area contributed by atoms with Gasteiger partial charge in [-0.1, -0.05) is 141 Å². The highest BCUT2D eigenvalue weighted by Crippen LogP contribution is 2.22. The van der Waals surface area contributed by atoms with E-state index in [0.717, 1.165) is 135 Å². The Hall–Kier alpha value is -2.55. The van der Waals surface area contributed by atoms with Crippen molar-refractivity contribution in [3.8, 4) is 0 Å². The predicted molar refractivity (Wildman–Crippen MR) is 215 cm³/mol. The summed E-state index contributed by atoms with van der Waals surface area (Å²) in [6, 6.07) is 0. The smallest absolute Gasteiger partial charge is 0.308 e. The van der Waals surface area contributed by atoms with Crippen molar-refractivity contribution in [3.63, 3.8) is 0 Å². The van der Waals surface area contributed by atoms with Gasteiger partial charge in [-0.2, -0.15) is 0 Å². The number of allylic oxidation sites excluding steroid dienone is 1. The van der Waals surface area contributed by atoms with Gasteiger partial charge in [0.25, 0.3) is 0 Å². The van der Waals surface area contributed by atoms with Crippen molar-refractivity contribution in [1.29, 1.82) is 0 Å². The van der Waals surface area contributed by atoms with E-state index in [1.165, 1.54) is 19.3 Å². The largest absolute Gasteiger partial charge is 0.466 e. The summed E-state index contributed by atoms with van der Waals surface area (Å²) < 4.78 is 16.7. The lowest BCUT2D eigenvalue weighted by atomic mass is 9.94. The van der Waals surface area contributed by atoms with Gasteiger partial charge in [-0.15, -0.1) is 0 Å². The molecule has 0 fully saturated rings. The zero-order valence-electron chi connectivity index (χ0n) is 34.4. The third kappa shape index (κ3) is 33.3. The molecule has 0 aliphatic carbocycles. The maximum Gasteiger partial charge on any atom is 0.308 e. The standard InChI is InChI=1S/C45H79NO6/c1-7-10-21-29-40(4)38-43(47)50-35-26-19-15-13-17-24-32-42(45(49)52-37-28-34-46(5)6)33-25-18-14-16-20-27-36-51-44(48)39-41(30-22-11-8-2)31-23-12-9-3/h30,40-42H,2,7,9-10,12-21,23-29,31-39H2,1,3-6H3. The minimum Gasteiger partial charge on any atom is -0.466 e. The number of rotatable bonds is 36. The Morgan fingerprint density at radius 2 is 1.10 bits per heavy atom. The van der Waals surface area contributed by atoms with E-state index in [9.17, 15) is 14.4 Å². The van der Waals surface area contributed by atoms with Gasteiger partial charge >= 0.3 is 17.9 Å². The van der Waals surface area contributed by atoms with Crippen molar-refractivity contribution in [2.45, 2.75) is 181 Å². The van der Waals surface area contributed by atoms with Crippen molar-refractivity contribution in [1.82, 2.24) is 4.90 Å². The number of hydrogen-bond donors (Lipinski definition) is 0. The van der Waals surface area contributed by atoms with Crippen LogP contribution in [0.15, 0.2) is 29.8 Å². The molecule has 0 aromatic carbocycles. The molecule has 0 bridgehead atoms. The van der Waals surface area contributed by atoms with E-state index >= 15 is 0 Å². The van der Waals surface area contributed by atoms with Gasteiger partial charge in [0.15, 0.2) is 0 Å². The molecule has 300 valence electrons. The molecule has 0 N–H and O–H groups in total. The molecular formula is C45H79NO6. The fourth-order valence-electron chi connectivity index (χ4n) is 6.40. The lowest BCUT2D eigenvalue weighted by Gasteiger charge is -2.17. The third-order valence-electron chi connectivity index (χ3n) is 9.65. The Bertz CT molecular complexity index is 1010. The van der Waals surface area contributed by atoms with Gasteiger partial charge in [0.2, 0.25) is 0 Å². The van der Waals surface area contributed by atoms with E-state index in [1.807, 2.05) is 20.2 Å². The second-order valence-corrected chi connectivity index (χ2v) is 15.2. The van der Waals surface area contributed by atoms with Crippen LogP contribution >= 0.6 is 0 Å². The molecule has 0 rings (SSSR count). The van der Waals surface area contributed by atoms with E-state index in [2.05, 4.69) is 49.4 Å². The number of carbonyl (C=O) groups excluding carboxylic acids is 3. The summed E-state index contributed by atoms with van der Waals surface area (Å²) in [5.74, 6) is 0.281. The summed E-state index contributed by atoms with van der Waals surface area (Å²) in [5.41, 5.74) is 8.23. The number of esters is 3. The Kier molecular flexibility index (Phi) is 35.0. The van der Waals surface area contributed by atoms with E-state index in [4.69, 9.17) is 14.2 Å². The van der Waals surface area contributed by atoms with Gasteiger partial charge in [0.05, 0.1) is 32.2 Å². The minimum absolute atomic E-state index is 0.0218. The molecule has 3 atom stereocenters. The van der Waals surface area contributed by atoms with Crippen LogP contribution in [-0.4, -0.2) is 63.3 Å². The molecule has 0 aromatic rings. The Morgan fingerprint density at radius 1 is 0.615 bits per heavy atom. The van der Waals surface area contributed by atoms with Crippen molar-refractivity contribution < 1.29 is 28.6 Å². The Balaban J connectivity index is 4.28. The second-order valence-electron chi connectivity index (χ2n) is 15.2. The molecule has 0 aromatic heterocycles. The first-order valence-electron chi connectivity index (χ1n) is 21.2. The van der Waals surface area contributed by atoms with Gasteiger partial charge in [-0.25, -0.2) is 0 Å². The normalized spacial score (nSPS) is 12.7. The summed E-state index contributed by atoms with van der Waals surface area (Å²) in [4.78, 5) is 39.6. The third-order valence-corrected chi connectivity index (χ3v) is 9.65. The highest BCUT2D eigenvalue weighted by atomic mass is 16.5. The lowest BCUT2D eigenvalue weighted by Crippen LogP contribution is -2.21. The molecule has 0 aliphatic heterocycles. The van der Waals surface area contributed by atoms with Crippen LogP contribution in [0.3, 0.4) is 0 Å². The van der Waals surface area contributed by atoms with Crippen LogP contribution < -0.4 is 0 Å². The van der Waals surface area contributed by atoms with Crippen molar-refractivity contribution in [2.75, 3.05) is 40.5 Å². The summed E-state index contributed by atoms with van der Waals surface area (Å²) in [5, 5.41) is 0. The fraction of sp³-hybridized carbons (Fsp3) is 0.822. The maximum absolute atomic E-state index is 13.0. The van der Waals surface area contributed by atoms with E-state index in [1.54, 1.807) is 0 Å². The van der Waals surface area contributed by atoms with Crippen LogP contribution in [-0.2, 0) is 28.6 Å². The first-order valence-corrected chi connectivity index (χ1v) is 21.2. The number of unbranched alkanes of at least 4 members (excludes halogenated alkanes) is 14. The zero-order valence-corrected chi connectivity index (χ0v) is 34.4. The lowest BCUT2D eigenvalue weighted by molar-refractivity contribution is -0.149. The predicted octanol–water partition coefficient (Wildman–Crippen LogP) is 11.5. The van der Waals surface area contributed by atoms with Crippen LogP contribution in [0.1, 0.15) is 181 Å². The van der Waals surface area contributed by atoms with Gasteiger partial charge < -0.3 is 19.1 Å². The average molecular weight is 730 g/mol. The van der Waals surface area contributed by atoms with Crippen LogP contribution in [0.2, 0.25) is 0 Å². The molecule has 0 spiro atoms. The number of hydrogen-bond acceptors (Lipinski definition) is 7. The summed E-state index contributed by atoms with van der Waals surface area (Å²) in [7, 11) is 4.07. The van der Waals surface area contributed by atoms with Gasteiger partial charge in [0.1, 0.15) is 0 Å². The van der Waals surface area contributed by atoms with E-state index < -0.39 is 0 Å². The van der Waals surface area contributed by atoms with Crippen LogP contribution in [0.25, 0.3) is 0 Å². The molecule has 0 radical (unpaired) electrons. The molecule has 0 heterocycles. The number of ether oxygens (including phenoxy) is 3. The van der Waals surface area contributed by atoms with Crippen LogP contribution in [0.4, 0.5) is 0 Å². The summed E-state index contributed by atoms with van der Waals surface area (Å²) >= 11 is 0. The molecule has 0 aliphatic rings. The van der Waals surface area contributed by atoms with Crippen LogP contribution in [0, 0.1) is 17.8 Å². The maximum atomic E-state index is 13.0. The molecule has 0 saturated carbocycles. The van der Waals surface area contributed by atoms with E-state index in [-0.39, 0.29) is 29.7 Å². The molecule has 3 unspecified atom stereocenters. The molecule has 0 amide bonds. The Morgan fingerprint density at radius 3 is 1.63 bits per heavy atom. The SMILES string of the molecule is C=C=C=C=CC(CCCCC)CC(=O)OCCCCCCCCC(CCCCCCCCOC(=O)CC(C)CCCCC)C(=O)OCCCN(C)C. The topological polar surface area (TPSA) is 82.1 Å². The summed E-state index contributed by atoms with van der Waals surface area (Å²) in [6.45, 7) is 12.4. The fourth-order valence-corrected chi connectivity index (χ4v) is 6.40. The van der Waals surface area contributed by atoms with Crippen molar-refractivity contribution >= 4 is 17.9 Å². The summed E-state index contributed by atoms with van der Waals surface area (Å²) in [6.07, 6.45) is 27.2. The molecule has 0 saturated heterocycles. The minimum atomic E-state index is -0.141. The van der Waals surface area contributed by atoms with E-state index in [0.29, 0.717) is 38.6 Å². The molecular weight excluding hydrogens is 650 g/mol. The monoisotopic (exact) mass is 730 g/mol. The van der Waals surface area contributed by atoms with Crippen LogP contribution in [0.5, 0.6) is 0 Å². The van der Waals surface area contributed by atoms with Gasteiger partial charge in [0, 0.05) is 13.0 Å². The Labute approximate surface area is 320 Å². The van der Waals surface area contributed by atoms with Crippen molar-refractivity contribution in [3.05, 3.63) is 29.8 Å². The highest BCUT2D eigenvalue weighted by Gasteiger charge is 2.19. The first kappa shape index (κ1) is 49.5. The number of nitrogens with zero attached hydrogens (tertiary/aromatic N) is 1. The average Bonchev–Trinajstić information content (AvgIpc) is 3.11. The molecule has 7 nitrogen and oxygen atoms in total. The second kappa shape index (κ2) is 36.8. The zero-order chi connectivity index (χ0) is 38.5. The van der Waals surface area contributed by atoms with Gasteiger partial charge in [-0.3, -0.25) is 14.4 Å². The first-order chi connectivity index (χ1) is 25.2. The molecule has 7 heteroatoms. The number of carbonyl (C=O) groups is 3. The highest BCUT2D eigenvalue weighted by molar-refractivity contribution is 5.72. The quantitative estimate of drug-likeness (QED) is 0.0275. The van der Waals surface area contributed by atoms with Gasteiger partial charge in [-0.05, 0) is 82.8 Å². The van der Waals surface area contributed by atoms with Crippen molar-refractivity contribution in [2.24, 2.45) is 17.8 Å².